The van der Waals surface area contributed by atoms with E-state index in [1.807, 2.05) is 29.1 Å². The first-order chi connectivity index (χ1) is 16.5. The molecule has 2 aromatic carbocycles. The van der Waals surface area contributed by atoms with E-state index in [4.69, 9.17) is 5.73 Å². The van der Waals surface area contributed by atoms with Crippen LogP contribution in [0.3, 0.4) is 0 Å². The lowest BCUT2D eigenvalue weighted by atomic mass is 9.42. The zero-order valence-corrected chi connectivity index (χ0v) is 18.7. The lowest BCUT2D eigenvalue weighted by Crippen LogP contribution is -2.67. The fraction of sp³-hybridized carbons (Fsp3) is 0.320. The molecule has 3 N–H and O–H groups in total. The topological polar surface area (TPSA) is 91.5 Å². The molecule has 0 atom stereocenters. The summed E-state index contributed by atoms with van der Waals surface area (Å²) in [5, 5.41) is 18.8. The first-order valence-electron chi connectivity index (χ1n) is 11.6. The number of benzene rings is 2. The van der Waals surface area contributed by atoms with Crippen LogP contribution in [-0.2, 0) is 13.2 Å². The predicted molar refractivity (Wildman–Crippen MR) is 128 cm³/mol. The van der Waals surface area contributed by atoms with E-state index >= 15 is 0 Å². The molecule has 3 aliphatic rings. The molecule has 2 bridgehead atoms. The van der Waals surface area contributed by atoms with Gasteiger partial charge in [0.1, 0.15) is 5.67 Å². The molecule has 3 saturated carbocycles. The van der Waals surface area contributed by atoms with Crippen molar-refractivity contribution < 1.29 is 4.39 Å². The van der Waals surface area contributed by atoms with Crippen LogP contribution in [0, 0.1) is 5.41 Å². The van der Waals surface area contributed by atoms with Gasteiger partial charge in [0.2, 0.25) is 0 Å². The number of anilines is 1. The summed E-state index contributed by atoms with van der Waals surface area (Å²) in [6, 6.07) is 14.3. The van der Waals surface area contributed by atoms with Crippen molar-refractivity contribution in [2.75, 3.05) is 12.3 Å². The number of alkyl halides is 1. The van der Waals surface area contributed by atoms with Gasteiger partial charge < -0.3 is 10.3 Å². The van der Waals surface area contributed by atoms with Gasteiger partial charge in [-0.05, 0) is 66.0 Å². The van der Waals surface area contributed by atoms with Gasteiger partial charge in [-0.15, -0.1) is 5.10 Å². The van der Waals surface area contributed by atoms with Gasteiger partial charge in [0, 0.05) is 29.3 Å². The second-order valence-electron chi connectivity index (χ2n) is 10.1. The zero-order valence-electron chi connectivity index (χ0n) is 18.7. The number of aromatic nitrogens is 6. The highest BCUT2D eigenvalue weighted by Gasteiger charge is 2.68. The van der Waals surface area contributed by atoms with Crippen LogP contribution >= 0.6 is 0 Å². The molecule has 0 radical (unpaired) electrons. The van der Waals surface area contributed by atoms with Gasteiger partial charge in [-0.3, -0.25) is 5.32 Å². The van der Waals surface area contributed by atoms with Gasteiger partial charge in [0.25, 0.3) is 0 Å². The van der Waals surface area contributed by atoms with E-state index < -0.39 is 5.67 Å². The van der Waals surface area contributed by atoms with Gasteiger partial charge in [-0.25, -0.2) is 13.8 Å². The third-order valence-corrected chi connectivity index (χ3v) is 7.38. The molecular formula is C25H25FN8. The Morgan fingerprint density at radius 2 is 1.88 bits per heavy atom. The zero-order chi connectivity index (χ0) is 22.9. The van der Waals surface area contributed by atoms with Crippen LogP contribution in [0.15, 0.2) is 61.1 Å². The quantitative estimate of drug-likeness (QED) is 0.365. The number of halogens is 1. The van der Waals surface area contributed by atoms with Crippen molar-refractivity contribution in [1.29, 1.82) is 0 Å². The highest BCUT2D eigenvalue weighted by Crippen LogP contribution is 2.69. The summed E-state index contributed by atoms with van der Waals surface area (Å²) >= 11 is 0. The summed E-state index contributed by atoms with van der Waals surface area (Å²) in [7, 11) is 0. The minimum Gasteiger partial charge on any atom is -0.399 e. The lowest BCUT2D eigenvalue weighted by molar-refractivity contribution is -0.210. The average molecular weight is 457 g/mol. The Hall–Kier alpha value is -3.72. The summed E-state index contributed by atoms with van der Waals surface area (Å²) in [5.74, 6) is 0.651. The summed E-state index contributed by atoms with van der Waals surface area (Å²) in [5.41, 5.74) is 9.21. The van der Waals surface area contributed by atoms with Crippen LogP contribution in [-0.4, -0.2) is 41.6 Å². The molecule has 8 rings (SSSR count). The van der Waals surface area contributed by atoms with Crippen molar-refractivity contribution >= 4 is 27.5 Å². The van der Waals surface area contributed by atoms with Crippen LogP contribution in [0.1, 0.15) is 24.8 Å². The molecule has 0 aliphatic heterocycles. The van der Waals surface area contributed by atoms with Crippen molar-refractivity contribution in [3.63, 3.8) is 0 Å². The standard InChI is InChI=1S/C25H25FN8/c26-25-12-24(13-25,14-25)15-28-16-32-6-5-18-2-1-17(7-21(18)32)10-33-11-23(30-31-33)34-22-8-20(27)4-3-19(22)9-29-34/h1-9,11,28H,10,12-16,27H2. The second kappa shape index (κ2) is 6.89. The highest BCUT2D eigenvalue weighted by atomic mass is 19.1. The summed E-state index contributed by atoms with van der Waals surface area (Å²) in [6.07, 6.45) is 7.97. The molecule has 5 aromatic rings. The molecule has 0 saturated heterocycles. The second-order valence-corrected chi connectivity index (χ2v) is 10.1. The Kier molecular flexibility index (Phi) is 4.00. The van der Waals surface area contributed by atoms with E-state index in [1.54, 1.807) is 10.9 Å². The van der Waals surface area contributed by atoms with Crippen LogP contribution in [0.4, 0.5) is 10.1 Å². The largest absolute Gasteiger partial charge is 0.399 e. The molecule has 0 unspecified atom stereocenters. The smallest absolute Gasteiger partial charge is 0.196 e. The Morgan fingerprint density at radius 1 is 1.03 bits per heavy atom. The Labute approximate surface area is 195 Å². The number of fused-ring (bicyclic) bond motifs is 2. The minimum absolute atomic E-state index is 0.208. The van der Waals surface area contributed by atoms with Crippen molar-refractivity contribution in [3.05, 3.63) is 66.6 Å². The number of hydrogen-bond donors (Lipinski definition) is 2. The minimum atomic E-state index is -0.837. The molecule has 34 heavy (non-hydrogen) atoms. The Morgan fingerprint density at radius 3 is 2.74 bits per heavy atom. The van der Waals surface area contributed by atoms with E-state index in [0.717, 1.165) is 48.9 Å². The summed E-state index contributed by atoms with van der Waals surface area (Å²) < 4.78 is 19.5. The Bertz CT molecular complexity index is 1520. The fourth-order valence-corrected chi connectivity index (χ4v) is 5.82. The van der Waals surface area contributed by atoms with Gasteiger partial charge in [0.15, 0.2) is 5.82 Å². The normalized spacial score (nSPS) is 23.3. The summed E-state index contributed by atoms with van der Waals surface area (Å²) in [4.78, 5) is 0. The first-order valence-corrected chi connectivity index (χ1v) is 11.6. The van der Waals surface area contributed by atoms with Crippen molar-refractivity contribution in [2.24, 2.45) is 5.41 Å². The van der Waals surface area contributed by atoms with E-state index in [1.165, 1.54) is 10.9 Å². The molecule has 172 valence electrons. The SMILES string of the molecule is Nc1ccc2cnn(-c3cn(Cc4ccc5ccn(CNCC67CC(F)(C6)C7)c5c4)nn3)c2c1. The van der Waals surface area contributed by atoms with Crippen LogP contribution in [0.2, 0.25) is 0 Å². The monoisotopic (exact) mass is 456 g/mol. The number of hydrogen-bond acceptors (Lipinski definition) is 5. The predicted octanol–water partition coefficient (Wildman–Crippen LogP) is 3.64. The number of rotatable bonds is 7. The number of nitrogens with two attached hydrogens (primary N) is 1. The average Bonchev–Trinajstić information content (AvgIpc) is 3.50. The van der Waals surface area contributed by atoms with E-state index in [2.05, 4.69) is 55.8 Å². The molecule has 3 heterocycles. The van der Waals surface area contributed by atoms with Gasteiger partial charge in [0.05, 0.1) is 31.1 Å². The van der Waals surface area contributed by atoms with Gasteiger partial charge in [-0.1, -0.05) is 17.3 Å². The van der Waals surface area contributed by atoms with Gasteiger partial charge >= 0.3 is 0 Å². The molecule has 9 heteroatoms. The molecule has 8 nitrogen and oxygen atoms in total. The Balaban J connectivity index is 1.08. The first kappa shape index (κ1) is 19.7. The number of nitrogens with zero attached hydrogens (tertiary/aromatic N) is 6. The number of nitrogens with one attached hydrogen (secondary N) is 1. The maximum atomic E-state index is 13.8. The van der Waals surface area contributed by atoms with Crippen molar-refractivity contribution in [2.45, 2.75) is 38.1 Å². The third-order valence-electron chi connectivity index (χ3n) is 7.38. The maximum absolute atomic E-state index is 13.8. The molecule has 3 aromatic heterocycles. The molecule has 0 amide bonds. The van der Waals surface area contributed by atoms with Gasteiger partial charge in [-0.2, -0.15) is 5.10 Å². The molecule has 3 aliphatic carbocycles. The highest BCUT2D eigenvalue weighted by molar-refractivity contribution is 5.83. The molecule has 3 fully saturated rings. The van der Waals surface area contributed by atoms with Crippen molar-refractivity contribution in [3.8, 4) is 5.82 Å². The fourth-order valence-electron chi connectivity index (χ4n) is 5.82. The van der Waals surface area contributed by atoms with Crippen LogP contribution in [0.5, 0.6) is 0 Å². The number of nitrogen functional groups attached to an aromatic ring is 1. The van der Waals surface area contributed by atoms with Crippen LogP contribution in [0.25, 0.3) is 27.6 Å². The maximum Gasteiger partial charge on any atom is 0.196 e. The van der Waals surface area contributed by atoms with E-state index in [-0.39, 0.29) is 5.41 Å². The summed E-state index contributed by atoms with van der Waals surface area (Å²) in [6.45, 7) is 2.20. The lowest BCUT2D eigenvalue weighted by Gasteiger charge is -2.66. The molecule has 0 spiro atoms. The third kappa shape index (κ3) is 3.11. The van der Waals surface area contributed by atoms with E-state index in [0.29, 0.717) is 18.1 Å². The van der Waals surface area contributed by atoms with E-state index in [9.17, 15) is 4.39 Å². The molecular weight excluding hydrogens is 431 g/mol. The van der Waals surface area contributed by atoms with Crippen LogP contribution < -0.4 is 11.1 Å². The van der Waals surface area contributed by atoms with Crippen molar-refractivity contribution in [1.82, 2.24) is 34.7 Å².